The fraction of sp³-hybridized carbons (Fsp3) is 0.529. The van der Waals surface area contributed by atoms with Gasteiger partial charge in [-0.15, -0.1) is 0 Å². The van der Waals surface area contributed by atoms with Crippen LogP contribution in [0.5, 0.6) is 0 Å². The third-order valence-corrected chi connectivity index (χ3v) is 4.78. The minimum Gasteiger partial charge on any atom is -0.366 e. The van der Waals surface area contributed by atoms with Crippen LogP contribution < -0.4 is 5.32 Å². The standard InChI is InChI=1S/C17H23N5/c1-6-15-16(7-1)19-12-20-17(15)21-14-5-3-9-22(11-14)10-13-4-2-8-18-13/h2,4,8,12,14,18H,1,3,5-7,9-11H2,(H,19,20,21). The number of hydrogen-bond donors (Lipinski definition) is 2. The topological polar surface area (TPSA) is 56.8 Å². The Morgan fingerprint density at radius 2 is 2.27 bits per heavy atom. The van der Waals surface area contributed by atoms with Crippen molar-refractivity contribution >= 4 is 5.82 Å². The molecule has 1 saturated heterocycles. The van der Waals surface area contributed by atoms with Gasteiger partial charge in [-0.3, -0.25) is 4.90 Å². The first-order valence-electron chi connectivity index (χ1n) is 8.32. The van der Waals surface area contributed by atoms with Gasteiger partial charge in [-0.2, -0.15) is 0 Å². The second-order valence-corrected chi connectivity index (χ2v) is 6.42. The van der Waals surface area contributed by atoms with E-state index in [1.54, 1.807) is 6.33 Å². The Hall–Kier alpha value is -1.88. The first kappa shape index (κ1) is 13.8. The summed E-state index contributed by atoms with van der Waals surface area (Å²) in [7, 11) is 0. The average Bonchev–Trinajstić information content (AvgIpc) is 3.19. The molecule has 2 aliphatic rings. The largest absolute Gasteiger partial charge is 0.366 e. The van der Waals surface area contributed by atoms with Crippen LogP contribution in [0.15, 0.2) is 24.7 Å². The van der Waals surface area contributed by atoms with E-state index in [9.17, 15) is 0 Å². The number of likely N-dealkylation sites (tertiary alicyclic amines) is 1. The van der Waals surface area contributed by atoms with Crippen LogP contribution in [0.2, 0.25) is 0 Å². The van der Waals surface area contributed by atoms with Gasteiger partial charge in [0.15, 0.2) is 0 Å². The van der Waals surface area contributed by atoms with E-state index < -0.39 is 0 Å². The van der Waals surface area contributed by atoms with E-state index in [1.165, 1.54) is 42.8 Å². The maximum atomic E-state index is 4.50. The average molecular weight is 297 g/mol. The molecule has 5 heteroatoms. The van der Waals surface area contributed by atoms with Crippen molar-refractivity contribution in [3.63, 3.8) is 0 Å². The zero-order valence-electron chi connectivity index (χ0n) is 12.9. The van der Waals surface area contributed by atoms with E-state index >= 15 is 0 Å². The molecule has 0 saturated carbocycles. The first-order valence-corrected chi connectivity index (χ1v) is 8.32. The summed E-state index contributed by atoms with van der Waals surface area (Å²) < 4.78 is 0. The highest BCUT2D eigenvalue weighted by atomic mass is 15.2. The maximum Gasteiger partial charge on any atom is 0.133 e. The van der Waals surface area contributed by atoms with Gasteiger partial charge < -0.3 is 10.3 Å². The second kappa shape index (κ2) is 6.08. The van der Waals surface area contributed by atoms with Gasteiger partial charge in [0.1, 0.15) is 12.1 Å². The number of fused-ring (bicyclic) bond motifs is 1. The van der Waals surface area contributed by atoms with Gasteiger partial charge >= 0.3 is 0 Å². The molecule has 2 aromatic heterocycles. The number of rotatable bonds is 4. The molecular formula is C17H23N5. The fourth-order valence-electron chi connectivity index (χ4n) is 3.70. The number of aromatic nitrogens is 3. The lowest BCUT2D eigenvalue weighted by atomic mass is 10.0. The number of aryl methyl sites for hydroxylation is 1. The van der Waals surface area contributed by atoms with Crippen molar-refractivity contribution in [1.29, 1.82) is 0 Å². The minimum absolute atomic E-state index is 0.489. The summed E-state index contributed by atoms with van der Waals surface area (Å²) in [5.74, 6) is 1.08. The minimum atomic E-state index is 0.489. The molecular weight excluding hydrogens is 274 g/mol. The summed E-state index contributed by atoms with van der Waals surface area (Å²) in [4.78, 5) is 14.7. The van der Waals surface area contributed by atoms with Crippen LogP contribution in [0.1, 0.15) is 36.2 Å². The van der Waals surface area contributed by atoms with Gasteiger partial charge in [0.25, 0.3) is 0 Å². The smallest absolute Gasteiger partial charge is 0.133 e. The number of nitrogens with zero attached hydrogens (tertiary/aromatic N) is 3. The second-order valence-electron chi connectivity index (χ2n) is 6.42. The predicted octanol–water partition coefficient (Wildman–Crippen LogP) is 2.37. The quantitative estimate of drug-likeness (QED) is 0.909. The number of hydrogen-bond acceptors (Lipinski definition) is 4. The van der Waals surface area contributed by atoms with Crippen LogP contribution >= 0.6 is 0 Å². The summed E-state index contributed by atoms with van der Waals surface area (Å²) in [6.45, 7) is 3.27. The predicted molar refractivity (Wildman–Crippen MR) is 86.8 cm³/mol. The summed E-state index contributed by atoms with van der Waals surface area (Å²) >= 11 is 0. The summed E-state index contributed by atoms with van der Waals surface area (Å²) in [6, 6.07) is 4.72. The number of anilines is 1. The van der Waals surface area contributed by atoms with E-state index in [0.717, 1.165) is 31.7 Å². The van der Waals surface area contributed by atoms with E-state index in [2.05, 4.69) is 37.3 Å². The van der Waals surface area contributed by atoms with Crippen LogP contribution in [0.3, 0.4) is 0 Å². The number of piperidine rings is 1. The monoisotopic (exact) mass is 297 g/mol. The molecule has 1 aliphatic carbocycles. The molecule has 116 valence electrons. The molecule has 22 heavy (non-hydrogen) atoms. The normalized spacial score (nSPS) is 21.7. The Kier molecular flexibility index (Phi) is 3.81. The van der Waals surface area contributed by atoms with E-state index in [4.69, 9.17) is 0 Å². The van der Waals surface area contributed by atoms with Gasteiger partial charge in [0.05, 0.1) is 0 Å². The Bertz CT molecular complexity index is 622. The number of nitrogens with one attached hydrogen (secondary N) is 2. The van der Waals surface area contributed by atoms with Crippen LogP contribution in [0.25, 0.3) is 0 Å². The zero-order valence-corrected chi connectivity index (χ0v) is 12.9. The molecule has 1 atom stereocenters. The Morgan fingerprint density at radius 3 is 3.18 bits per heavy atom. The van der Waals surface area contributed by atoms with Crippen molar-refractivity contribution in [3.8, 4) is 0 Å². The van der Waals surface area contributed by atoms with Crippen molar-refractivity contribution in [2.45, 2.75) is 44.7 Å². The Morgan fingerprint density at radius 1 is 1.27 bits per heavy atom. The van der Waals surface area contributed by atoms with Gasteiger partial charge in [0.2, 0.25) is 0 Å². The molecule has 3 heterocycles. The molecule has 0 bridgehead atoms. The first-order chi connectivity index (χ1) is 10.9. The molecule has 1 unspecified atom stereocenters. The molecule has 1 fully saturated rings. The van der Waals surface area contributed by atoms with Crippen LogP contribution in [0.4, 0.5) is 5.82 Å². The molecule has 0 spiro atoms. The molecule has 2 N–H and O–H groups in total. The lowest BCUT2D eigenvalue weighted by molar-refractivity contribution is 0.206. The SMILES string of the molecule is c1c[nH]c(CN2CCCC(Nc3ncnc4c3CCC4)C2)c1. The van der Waals surface area contributed by atoms with Crippen molar-refractivity contribution in [2.24, 2.45) is 0 Å². The molecule has 2 aromatic rings. The van der Waals surface area contributed by atoms with E-state index in [0.29, 0.717) is 6.04 Å². The highest BCUT2D eigenvalue weighted by molar-refractivity contribution is 5.48. The van der Waals surface area contributed by atoms with Crippen LogP contribution in [0, 0.1) is 0 Å². The van der Waals surface area contributed by atoms with Crippen LogP contribution in [-0.2, 0) is 19.4 Å². The Labute approximate surface area is 131 Å². The highest BCUT2D eigenvalue weighted by Crippen LogP contribution is 2.26. The third-order valence-electron chi connectivity index (χ3n) is 4.78. The molecule has 0 aromatic carbocycles. The lowest BCUT2D eigenvalue weighted by Crippen LogP contribution is -2.42. The summed E-state index contributed by atoms with van der Waals surface area (Å²) in [5, 5.41) is 3.69. The fourth-order valence-corrected chi connectivity index (χ4v) is 3.70. The molecule has 1 aliphatic heterocycles. The van der Waals surface area contributed by atoms with Crippen molar-refractivity contribution < 1.29 is 0 Å². The zero-order chi connectivity index (χ0) is 14.8. The van der Waals surface area contributed by atoms with E-state index in [-0.39, 0.29) is 0 Å². The Balaban J connectivity index is 1.42. The molecule has 0 amide bonds. The van der Waals surface area contributed by atoms with E-state index in [1.807, 2.05) is 6.20 Å². The maximum absolute atomic E-state index is 4.50. The van der Waals surface area contributed by atoms with Crippen molar-refractivity contribution in [2.75, 3.05) is 18.4 Å². The van der Waals surface area contributed by atoms with Gasteiger partial charge in [-0.05, 0) is 50.8 Å². The molecule has 0 radical (unpaired) electrons. The lowest BCUT2D eigenvalue weighted by Gasteiger charge is -2.33. The summed E-state index contributed by atoms with van der Waals surface area (Å²) in [6.07, 6.45) is 9.62. The van der Waals surface area contributed by atoms with Crippen molar-refractivity contribution in [3.05, 3.63) is 41.6 Å². The van der Waals surface area contributed by atoms with Gasteiger partial charge in [-0.1, -0.05) is 0 Å². The summed E-state index contributed by atoms with van der Waals surface area (Å²) in [5.41, 5.74) is 3.89. The third kappa shape index (κ3) is 2.86. The van der Waals surface area contributed by atoms with Crippen molar-refractivity contribution in [1.82, 2.24) is 19.9 Å². The van der Waals surface area contributed by atoms with Gasteiger partial charge in [0, 0.05) is 42.3 Å². The molecule has 4 rings (SSSR count). The molecule has 5 nitrogen and oxygen atoms in total. The van der Waals surface area contributed by atoms with Gasteiger partial charge in [-0.25, -0.2) is 9.97 Å². The number of aromatic amines is 1. The highest BCUT2D eigenvalue weighted by Gasteiger charge is 2.23. The number of H-pyrrole nitrogens is 1. The van der Waals surface area contributed by atoms with Crippen LogP contribution in [-0.4, -0.2) is 39.0 Å².